The highest BCUT2D eigenvalue weighted by Gasteiger charge is 2.45. The van der Waals surface area contributed by atoms with Crippen LogP contribution < -0.4 is 0 Å². The van der Waals surface area contributed by atoms with Gasteiger partial charge in [-0.2, -0.15) is 0 Å². The van der Waals surface area contributed by atoms with Crippen molar-refractivity contribution < 1.29 is 19.4 Å². The molecule has 2 unspecified atom stereocenters. The van der Waals surface area contributed by atoms with E-state index in [1.807, 2.05) is 42.6 Å². The Balaban J connectivity index is 1.39. The van der Waals surface area contributed by atoms with Gasteiger partial charge in [0.2, 0.25) is 0 Å². The Kier molecular flexibility index (Phi) is 5.07. The van der Waals surface area contributed by atoms with Crippen LogP contribution in [-0.2, 0) is 20.8 Å². The van der Waals surface area contributed by atoms with E-state index in [-0.39, 0.29) is 11.8 Å². The summed E-state index contributed by atoms with van der Waals surface area (Å²) in [4.78, 5) is 16.8. The van der Waals surface area contributed by atoms with Crippen LogP contribution >= 0.6 is 0 Å². The lowest BCUT2D eigenvalue weighted by Crippen LogP contribution is -2.56. The normalized spacial score (nSPS) is 31.0. The Morgan fingerprint density at radius 3 is 2.48 bits per heavy atom. The fraction of sp³-hybridized carbons (Fsp3) is 0.571. The van der Waals surface area contributed by atoms with Crippen LogP contribution in [0.2, 0.25) is 0 Å². The first kappa shape index (κ1) is 18.6. The highest BCUT2D eigenvalue weighted by Crippen LogP contribution is 2.33. The molecule has 2 fully saturated rings. The number of piperidine rings is 1. The van der Waals surface area contributed by atoms with E-state index in [1.54, 1.807) is 11.8 Å². The monoisotopic (exact) mass is 372 g/mol. The van der Waals surface area contributed by atoms with E-state index in [9.17, 15) is 9.90 Å². The number of nitrogens with zero attached hydrogens (tertiary/aromatic N) is 2. The number of amides is 1. The minimum absolute atomic E-state index is 0.225. The van der Waals surface area contributed by atoms with Crippen LogP contribution in [0.3, 0.4) is 0 Å². The molecule has 0 aromatic heterocycles. The van der Waals surface area contributed by atoms with E-state index in [2.05, 4.69) is 4.90 Å². The molecule has 2 atom stereocenters. The van der Waals surface area contributed by atoms with E-state index in [4.69, 9.17) is 9.47 Å². The van der Waals surface area contributed by atoms with Gasteiger partial charge in [0.15, 0.2) is 5.79 Å². The van der Waals surface area contributed by atoms with E-state index < -0.39 is 11.4 Å². The lowest BCUT2D eigenvalue weighted by atomic mass is 9.84. The van der Waals surface area contributed by atoms with Crippen LogP contribution in [0, 0.1) is 5.92 Å². The van der Waals surface area contributed by atoms with Crippen LogP contribution in [0.4, 0.5) is 0 Å². The summed E-state index contributed by atoms with van der Waals surface area (Å²) in [6, 6.07) is 9.83. The van der Waals surface area contributed by atoms with Crippen molar-refractivity contribution in [2.45, 2.75) is 37.7 Å². The molecule has 4 rings (SSSR count). The second-order valence-corrected chi connectivity index (χ2v) is 7.92. The number of hydrogen-bond donors (Lipinski definition) is 1. The van der Waals surface area contributed by atoms with Gasteiger partial charge in [-0.1, -0.05) is 36.4 Å². The summed E-state index contributed by atoms with van der Waals surface area (Å²) in [6.07, 6.45) is 5.46. The molecule has 1 spiro atoms. The maximum Gasteiger partial charge on any atom is 0.259 e. The van der Waals surface area contributed by atoms with Gasteiger partial charge in [0.25, 0.3) is 5.91 Å². The Bertz CT molecular complexity index is 687. The fourth-order valence-corrected chi connectivity index (χ4v) is 4.20. The smallest absolute Gasteiger partial charge is 0.259 e. The van der Waals surface area contributed by atoms with Gasteiger partial charge in [-0.3, -0.25) is 4.79 Å². The molecule has 27 heavy (non-hydrogen) atoms. The number of carbonyl (C=O) groups excluding carboxylic acids is 1. The molecular formula is C21H28N2O4. The largest absolute Gasteiger partial charge is 0.380 e. The molecule has 6 nitrogen and oxygen atoms in total. The number of ether oxygens (including phenoxy) is 2. The van der Waals surface area contributed by atoms with Crippen molar-refractivity contribution in [1.82, 2.24) is 9.80 Å². The van der Waals surface area contributed by atoms with Crippen LogP contribution in [0.1, 0.15) is 25.3 Å². The van der Waals surface area contributed by atoms with Gasteiger partial charge in [0.05, 0.1) is 19.8 Å². The van der Waals surface area contributed by atoms with Crippen LogP contribution in [0.25, 0.3) is 0 Å². The first-order chi connectivity index (χ1) is 13.0. The maximum atomic E-state index is 12.9. The summed E-state index contributed by atoms with van der Waals surface area (Å²) in [6.45, 7) is 5.81. The molecule has 3 aliphatic heterocycles. The molecule has 3 heterocycles. The van der Waals surface area contributed by atoms with E-state index in [0.717, 1.165) is 31.5 Å². The molecule has 0 radical (unpaired) electrons. The van der Waals surface area contributed by atoms with Crippen LogP contribution in [0.5, 0.6) is 0 Å². The van der Waals surface area contributed by atoms with Gasteiger partial charge in [0, 0.05) is 44.6 Å². The molecule has 0 aliphatic carbocycles. The third-order valence-corrected chi connectivity index (χ3v) is 6.00. The van der Waals surface area contributed by atoms with E-state index >= 15 is 0 Å². The van der Waals surface area contributed by atoms with Crippen LogP contribution in [-0.4, -0.2) is 65.0 Å². The van der Waals surface area contributed by atoms with E-state index in [1.165, 1.54) is 0 Å². The number of likely N-dealkylation sites (tertiary alicyclic amines) is 1. The van der Waals surface area contributed by atoms with Gasteiger partial charge < -0.3 is 24.4 Å². The van der Waals surface area contributed by atoms with Gasteiger partial charge in [-0.25, -0.2) is 0 Å². The molecule has 0 bridgehead atoms. The Hall–Kier alpha value is -1.73. The number of rotatable bonds is 4. The Morgan fingerprint density at radius 2 is 1.81 bits per heavy atom. The molecule has 3 aliphatic rings. The lowest BCUT2D eigenvalue weighted by molar-refractivity contribution is -0.187. The summed E-state index contributed by atoms with van der Waals surface area (Å²) < 4.78 is 11.6. The van der Waals surface area contributed by atoms with Crippen molar-refractivity contribution in [1.29, 1.82) is 0 Å². The second kappa shape index (κ2) is 7.36. The molecule has 146 valence electrons. The van der Waals surface area contributed by atoms with Crippen molar-refractivity contribution >= 4 is 5.91 Å². The Labute approximate surface area is 160 Å². The standard InChI is InChI=1S/C21H28N2O4/c1-20(25)18(16-22-11-8-21(9-12-22)26-13-14-27-21)7-10-23(19(20)24)15-17-5-3-2-4-6-17/h2-7,10,18,25H,8-9,11-16H2,1H3. The highest BCUT2D eigenvalue weighted by atomic mass is 16.7. The minimum Gasteiger partial charge on any atom is -0.380 e. The van der Waals surface area contributed by atoms with Crippen LogP contribution in [0.15, 0.2) is 42.6 Å². The second-order valence-electron chi connectivity index (χ2n) is 7.92. The topological polar surface area (TPSA) is 62.2 Å². The summed E-state index contributed by atoms with van der Waals surface area (Å²) in [5.41, 5.74) is -0.360. The zero-order valence-electron chi connectivity index (χ0n) is 15.8. The predicted octanol–water partition coefficient (Wildman–Crippen LogP) is 1.75. The number of benzene rings is 1. The van der Waals surface area contributed by atoms with Gasteiger partial charge in [-0.15, -0.1) is 0 Å². The van der Waals surface area contributed by atoms with Crippen molar-refractivity contribution in [3.8, 4) is 0 Å². The highest BCUT2D eigenvalue weighted by molar-refractivity contribution is 5.87. The summed E-state index contributed by atoms with van der Waals surface area (Å²) in [5.74, 6) is -0.865. The molecule has 6 heteroatoms. The van der Waals surface area contributed by atoms with Crippen molar-refractivity contribution in [3.63, 3.8) is 0 Å². The zero-order valence-corrected chi connectivity index (χ0v) is 15.8. The SMILES string of the molecule is CC1(O)C(=O)N(Cc2ccccc2)C=CC1CN1CCC2(CC1)OCCO2. The van der Waals surface area contributed by atoms with E-state index in [0.29, 0.717) is 26.3 Å². The lowest BCUT2D eigenvalue weighted by Gasteiger charge is -2.42. The van der Waals surface area contributed by atoms with Gasteiger partial charge in [-0.05, 0) is 12.5 Å². The first-order valence-electron chi connectivity index (χ1n) is 9.74. The third-order valence-electron chi connectivity index (χ3n) is 6.00. The summed E-state index contributed by atoms with van der Waals surface area (Å²) in [5, 5.41) is 11.0. The Morgan fingerprint density at radius 1 is 1.15 bits per heavy atom. The predicted molar refractivity (Wildman–Crippen MR) is 101 cm³/mol. The molecule has 1 N–H and O–H groups in total. The van der Waals surface area contributed by atoms with Gasteiger partial charge in [0.1, 0.15) is 5.60 Å². The zero-order chi connectivity index (χ0) is 18.9. The van der Waals surface area contributed by atoms with Crippen molar-refractivity contribution in [2.24, 2.45) is 5.92 Å². The maximum absolute atomic E-state index is 12.9. The molecular weight excluding hydrogens is 344 g/mol. The summed E-state index contributed by atoms with van der Waals surface area (Å²) >= 11 is 0. The average Bonchev–Trinajstić information content (AvgIpc) is 3.13. The molecule has 1 aromatic rings. The average molecular weight is 372 g/mol. The fourth-order valence-electron chi connectivity index (χ4n) is 4.20. The minimum atomic E-state index is -1.40. The quantitative estimate of drug-likeness (QED) is 0.873. The van der Waals surface area contributed by atoms with Crippen molar-refractivity contribution in [2.75, 3.05) is 32.8 Å². The number of carbonyl (C=O) groups is 1. The van der Waals surface area contributed by atoms with Crippen molar-refractivity contribution in [3.05, 3.63) is 48.2 Å². The number of hydrogen-bond acceptors (Lipinski definition) is 5. The molecule has 1 amide bonds. The molecule has 0 saturated carbocycles. The molecule has 2 saturated heterocycles. The van der Waals surface area contributed by atoms with Gasteiger partial charge >= 0.3 is 0 Å². The summed E-state index contributed by atoms with van der Waals surface area (Å²) in [7, 11) is 0. The number of aliphatic hydroxyl groups is 1. The third kappa shape index (κ3) is 3.80. The first-order valence-corrected chi connectivity index (χ1v) is 9.74. The molecule has 1 aromatic carbocycles.